The van der Waals surface area contributed by atoms with Crippen molar-refractivity contribution in [3.63, 3.8) is 0 Å². The zero-order valence-corrected chi connectivity index (χ0v) is 12.7. The van der Waals surface area contributed by atoms with Crippen molar-refractivity contribution in [2.45, 2.75) is 52.9 Å². The third kappa shape index (κ3) is 7.53. The summed E-state index contributed by atoms with van der Waals surface area (Å²) in [5.41, 5.74) is 0. The number of carbonyl (C=O) groups is 1. The molecule has 0 aromatic rings. The van der Waals surface area contributed by atoms with Gasteiger partial charge in [-0.05, 0) is 12.3 Å². The molecule has 1 aliphatic heterocycles. The first kappa shape index (κ1) is 16.4. The monoisotopic (exact) mass is 271 g/mol. The first-order valence-corrected chi connectivity index (χ1v) is 7.64. The summed E-state index contributed by atoms with van der Waals surface area (Å²) in [6.07, 6.45) is 5.82. The highest BCUT2D eigenvalue weighted by Gasteiger charge is 2.20. The van der Waals surface area contributed by atoms with Crippen LogP contribution in [-0.2, 0) is 14.4 Å². The average Bonchev–Trinajstić information content (AvgIpc) is 2.38. The fourth-order valence-electron chi connectivity index (χ4n) is 2.15. The third-order valence-electron chi connectivity index (χ3n) is 3.51. The van der Waals surface area contributed by atoms with Crippen LogP contribution in [0.15, 0.2) is 0 Å². The molecule has 1 fully saturated rings. The molecule has 1 aliphatic rings. The number of ether oxygens (including phenoxy) is 1. The summed E-state index contributed by atoms with van der Waals surface area (Å²) in [4.78, 5) is 17.2. The van der Waals surface area contributed by atoms with Gasteiger partial charge < -0.3 is 9.57 Å². The van der Waals surface area contributed by atoms with Gasteiger partial charge in [0.25, 0.3) is 0 Å². The quantitative estimate of drug-likeness (QED) is 0.636. The Hall–Kier alpha value is -0.610. The normalized spacial score (nSPS) is 18.5. The van der Waals surface area contributed by atoms with Gasteiger partial charge in [-0.25, -0.2) is 0 Å². The zero-order chi connectivity index (χ0) is 14.1. The molecule has 1 unspecified atom stereocenters. The topological polar surface area (TPSA) is 38.8 Å². The molecule has 0 radical (unpaired) electrons. The summed E-state index contributed by atoms with van der Waals surface area (Å²) >= 11 is 0. The van der Waals surface area contributed by atoms with Crippen molar-refractivity contribution < 1.29 is 14.4 Å². The molecule has 1 atom stereocenters. The molecule has 1 saturated heterocycles. The summed E-state index contributed by atoms with van der Waals surface area (Å²) in [5.74, 6) is 0.691. The Balaban J connectivity index is 2.07. The Morgan fingerprint density at radius 2 is 1.74 bits per heavy atom. The van der Waals surface area contributed by atoms with E-state index in [1.807, 2.05) is 6.92 Å². The van der Waals surface area contributed by atoms with Gasteiger partial charge in [0.2, 0.25) is 0 Å². The zero-order valence-electron chi connectivity index (χ0n) is 12.7. The Labute approximate surface area is 117 Å². The number of hydroxylamine groups is 2. The van der Waals surface area contributed by atoms with Gasteiger partial charge in [0.05, 0.1) is 32.2 Å². The van der Waals surface area contributed by atoms with Crippen LogP contribution in [0.4, 0.5) is 0 Å². The Morgan fingerprint density at radius 3 is 2.37 bits per heavy atom. The van der Waals surface area contributed by atoms with Crippen molar-refractivity contribution in [1.82, 2.24) is 5.06 Å². The number of morpholine rings is 1. The second-order valence-corrected chi connectivity index (χ2v) is 5.88. The number of nitrogens with zero attached hydrogens (tertiary/aromatic N) is 1. The second-order valence-electron chi connectivity index (χ2n) is 5.88. The Bertz CT molecular complexity index is 250. The van der Waals surface area contributed by atoms with Crippen molar-refractivity contribution in [2.24, 2.45) is 11.8 Å². The van der Waals surface area contributed by atoms with Crippen LogP contribution in [0, 0.1) is 11.8 Å². The van der Waals surface area contributed by atoms with Crippen molar-refractivity contribution >= 4 is 5.97 Å². The highest BCUT2D eigenvalue weighted by Crippen LogP contribution is 2.15. The van der Waals surface area contributed by atoms with E-state index in [1.165, 1.54) is 19.3 Å². The summed E-state index contributed by atoms with van der Waals surface area (Å²) in [7, 11) is 0. The molecule has 19 heavy (non-hydrogen) atoms. The van der Waals surface area contributed by atoms with E-state index in [-0.39, 0.29) is 11.9 Å². The van der Waals surface area contributed by atoms with Crippen molar-refractivity contribution in [2.75, 3.05) is 26.3 Å². The van der Waals surface area contributed by atoms with Crippen LogP contribution in [0.1, 0.15) is 52.9 Å². The first-order chi connectivity index (χ1) is 9.09. The van der Waals surface area contributed by atoms with E-state index in [1.54, 1.807) is 5.06 Å². The maximum atomic E-state index is 11.9. The predicted molar refractivity (Wildman–Crippen MR) is 75.6 cm³/mol. The minimum Gasteiger partial charge on any atom is -0.379 e. The van der Waals surface area contributed by atoms with E-state index < -0.39 is 0 Å². The molecule has 112 valence electrons. The van der Waals surface area contributed by atoms with E-state index in [0.717, 1.165) is 18.8 Å². The summed E-state index contributed by atoms with van der Waals surface area (Å²) in [5, 5.41) is 1.72. The number of carbonyl (C=O) groups excluding carboxylic acids is 1. The van der Waals surface area contributed by atoms with Gasteiger partial charge in [-0.2, -0.15) is 0 Å². The van der Waals surface area contributed by atoms with Crippen molar-refractivity contribution in [3.05, 3.63) is 0 Å². The number of unbranched alkanes of at least 4 members (excludes halogenated alkanes) is 2. The molecule has 0 bridgehead atoms. The van der Waals surface area contributed by atoms with E-state index in [4.69, 9.17) is 9.57 Å². The van der Waals surface area contributed by atoms with E-state index in [9.17, 15) is 4.79 Å². The van der Waals surface area contributed by atoms with Crippen LogP contribution in [0.2, 0.25) is 0 Å². The van der Waals surface area contributed by atoms with E-state index >= 15 is 0 Å². The molecule has 0 aromatic heterocycles. The van der Waals surface area contributed by atoms with Crippen LogP contribution < -0.4 is 0 Å². The Morgan fingerprint density at radius 1 is 1.11 bits per heavy atom. The maximum absolute atomic E-state index is 11.9. The lowest BCUT2D eigenvalue weighted by atomic mass is 10.0. The standard InChI is InChI=1S/C15H29NO3/c1-13(2)7-5-4-6-8-14(3)15(17)19-16-9-11-18-12-10-16/h13-14H,4-12H2,1-3H3. The van der Waals surface area contributed by atoms with E-state index in [0.29, 0.717) is 26.3 Å². The molecule has 0 aliphatic carbocycles. The lowest BCUT2D eigenvalue weighted by Crippen LogP contribution is -2.39. The van der Waals surface area contributed by atoms with Crippen LogP contribution in [0.5, 0.6) is 0 Å². The molecule has 0 spiro atoms. The van der Waals surface area contributed by atoms with Gasteiger partial charge in [0.1, 0.15) is 0 Å². The summed E-state index contributed by atoms with van der Waals surface area (Å²) < 4.78 is 5.22. The van der Waals surface area contributed by atoms with Gasteiger partial charge in [0.15, 0.2) is 0 Å². The minimum absolute atomic E-state index is 0.00175. The lowest BCUT2D eigenvalue weighted by molar-refractivity contribution is -0.209. The second kappa shape index (κ2) is 9.32. The number of hydrogen-bond donors (Lipinski definition) is 0. The highest BCUT2D eigenvalue weighted by atomic mass is 16.7. The van der Waals surface area contributed by atoms with Gasteiger partial charge in [-0.3, -0.25) is 4.79 Å². The fourth-order valence-corrected chi connectivity index (χ4v) is 2.15. The van der Waals surface area contributed by atoms with Gasteiger partial charge in [-0.1, -0.05) is 46.5 Å². The summed E-state index contributed by atoms with van der Waals surface area (Å²) in [6, 6.07) is 0. The maximum Gasteiger partial charge on any atom is 0.327 e. The van der Waals surface area contributed by atoms with Crippen molar-refractivity contribution in [3.8, 4) is 0 Å². The van der Waals surface area contributed by atoms with Gasteiger partial charge in [-0.15, -0.1) is 5.06 Å². The highest BCUT2D eigenvalue weighted by molar-refractivity contribution is 5.71. The van der Waals surface area contributed by atoms with E-state index in [2.05, 4.69) is 13.8 Å². The number of rotatable bonds is 8. The van der Waals surface area contributed by atoms with Crippen molar-refractivity contribution in [1.29, 1.82) is 0 Å². The fraction of sp³-hybridized carbons (Fsp3) is 0.933. The lowest BCUT2D eigenvalue weighted by Gasteiger charge is -2.26. The molecule has 0 N–H and O–H groups in total. The van der Waals surface area contributed by atoms with Crippen LogP contribution in [0.3, 0.4) is 0 Å². The molecule has 4 heteroatoms. The largest absolute Gasteiger partial charge is 0.379 e. The molecule has 1 rings (SSSR count). The van der Waals surface area contributed by atoms with Crippen LogP contribution in [0.25, 0.3) is 0 Å². The van der Waals surface area contributed by atoms with Crippen LogP contribution >= 0.6 is 0 Å². The Kier molecular flexibility index (Phi) is 8.07. The molecule has 1 heterocycles. The molecular weight excluding hydrogens is 242 g/mol. The summed E-state index contributed by atoms with van der Waals surface area (Å²) in [6.45, 7) is 9.14. The molecule has 0 aromatic carbocycles. The molecule has 4 nitrogen and oxygen atoms in total. The SMILES string of the molecule is CC(C)CCCCCC(C)C(=O)ON1CCOCC1. The number of hydrogen-bond acceptors (Lipinski definition) is 4. The third-order valence-corrected chi connectivity index (χ3v) is 3.51. The smallest absolute Gasteiger partial charge is 0.327 e. The average molecular weight is 271 g/mol. The van der Waals surface area contributed by atoms with Crippen LogP contribution in [-0.4, -0.2) is 37.3 Å². The first-order valence-electron chi connectivity index (χ1n) is 7.64. The predicted octanol–water partition coefficient (Wildman–Crippen LogP) is 3.02. The molecular formula is C15H29NO3. The minimum atomic E-state index is -0.0919. The van der Waals surface area contributed by atoms with Gasteiger partial charge >= 0.3 is 5.97 Å². The molecule has 0 saturated carbocycles. The van der Waals surface area contributed by atoms with Gasteiger partial charge in [0, 0.05) is 0 Å². The molecule has 0 amide bonds.